The lowest BCUT2D eigenvalue weighted by Crippen LogP contribution is -2.30. The highest BCUT2D eigenvalue weighted by Crippen LogP contribution is 2.40. The maximum atomic E-state index is 5.57. The average Bonchev–Trinajstić information content (AvgIpc) is 3.06. The third-order valence-corrected chi connectivity index (χ3v) is 4.68. The van der Waals surface area contributed by atoms with Crippen molar-refractivity contribution in [1.29, 1.82) is 0 Å². The van der Waals surface area contributed by atoms with Gasteiger partial charge in [0.1, 0.15) is 0 Å². The molecular formula is C19H16N2O2. The summed E-state index contributed by atoms with van der Waals surface area (Å²) in [7, 11) is 0. The highest BCUT2D eigenvalue weighted by Gasteiger charge is 2.26. The number of aromatic nitrogens is 1. The molecule has 4 heteroatoms. The number of ether oxygens (including phenoxy) is 2. The highest BCUT2D eigenvalue weighted by molar-refractivity contribution is 5.83. The van der Waals surface area contributed by atoms with Gasteiger partial charge in [0.25, 0.3) is 0 Å². The van der Waals surface area contributed by atoms with Crippen molar-refractivity contribution in [1.82, 2.24) is 10.3 Å². The van der Waals surface area contributed by atoms with Gasteiger partial charge in [0.05, 0.1) is 11.6 Å². The Morgan fingerprint density at radius 3 is 2.83 bits per heavy atom. The molecule has 0 saturated heterocycles. The molecule has 0 amide bonds. The van der Waals surface area contributed by atoms with Gasteiger partial charge in [0, 0.05) is 18.1 Å². The van der Waals surface area contributed by atoms with E-state index in [0.29, 0.717) is 6.79 Å². The van der Waals surface area contributed by atoms with Crippen molar-refractivity contribution in [3.8, 4) is 11.5 Å². The number of hydrogen-bond donors (Lipinski definition) is 1. The fourth-order valence-electron chi connectivity index (χ4n) is 3.59. The highest BCUT2D eigenvalue weighted by atomic mass is 16.7. The van der Waals surface area contributed by atoms with Gasteiger partial charge in [0.2, 0.25) is 6.79 Å². The summed E-state index contributed by atoms with van der Waals surface area (Å²) < 4.78 is 11.1. The third kappa shape index (κ3) is 1.99. The first-order valence-corrected chi connectivity index (χ1v) is 7.89. The van der Waals surface area contributed by atoms with Crippen LogP contribution in [0, 0.1) is 0 Å². The number of benzene rings is 2. The van der Waals surface area contributed by atoms with Gasteiger partial charge in [0.15, 0.2) is 11.5 Å². The number of nitrogens with zero attached hydrogens (tertiary/aromatic N) is 1. The Morgan fingerprint density at radius 2 is 1.87 bits per heavy atom. The molecule has 23 heavy (non-hydrogen) atoms. The molecular weight excluding hydrogens is 288 g/mol. The zero-order valence-corrected chi connectivity index (χ0v) is 12.6. The Labute approximate surface area is 134 Å². The predicted octanol–water partition coefficient (Wildman–Crippen LogP) is 3.20. The van der Waals surface area contributed by atoms with Crippen LogP contribution in [0.4, 0.5) is 0 Å². The number of pyridine rings is 1. The summed E-state index contributed by atoms with van der Waals surface area (Å²) in [6, 6.07) is 14.8. The van der Waals surface area contributed by atoms with Crippen molar-refractivity contribution in [2.75, 3.05) is 13.3 Å². The van der Waals surface area contributed by atoms with Crippen LogP contribution in [0.1, 0.15) is 22.7 Å². The lowest BCUT2D eigenvalue weighted by atomic mass is 9.88. The SMILES string of the molecule is c1ccc2c(C3NCCc4cc5c(cc43)OCO5)ccnc2c1. The fourth-order valence-corrected chi connectivity index (χ4v) is 3.59. The Bertz CT molecular complexity index is 902. The van der Waals surface area contributed by atoms with Gasteiger partial charge < -0.3 is 14.8 Å². The number of hydrogen-bond acceptors (Lipinski definition) is 4. The average molecular weight is 304 g/mol. The van der Waals surface area contributed by atoms with Crippen LogP contribution in [0.15, 0.2) is 48.7 Å². The smallest absolute Gasteiger partial charge is 0.231 e. The van der Waals surface area contributed by atoms with Crippen LogP contribution >= 0.6 is 0 Å². The number of nitrogens with one attached hydrogen (secondary N) is 1. The van der Waals surface area contributed by atoms with Crippen LogP contribution in [-0.2, 0) is 6.42 Å². The first-order chi connectivity index (χ1) is 11.4. The largest absolute Gasteiger partial charge is 0.454 e. The fraction of sp³-hybridized carbons (Fsp3) is 0.211. The molecule has 0 saturated carbocycles. The molecule has 1 aromatic heterocycles. The zero-order chi connectivity index (χ0) is 15.2. The van der Waals surface area contributed by atoms with E-state index in [-0.39, 0.29) is 6.04 Å². The molecule has 4 nitrogen and oxygen atoms in total. The number of rotatable bonds is 1. The van der Waals surface area contributed by atoms with Gasteiger partial charge >= 0.3 is 0 Å². The third-order valence-electron chi connectivity index (χ3n) is 4.68. The van der Waals surface area contributed by atoms with Gasteiger partial charge in [-0.25, -0.2) is 0 Å². The molecule has 0 bridgehead atoms. The van der Waals surface area contributed by atoms with Crippen LogP contribution in [0.25, 0.3) is 10.9 Å². The molecule has 2 aliphatic heterocycles. The van der Waals surface area contributed by atoms with Gasteiger partial charge in [-0.05, 0) is 47.4 Å². The Balaban J connectivity index is 1.70. The summed E-state index contributed by atoms with van der Waals surface area (Å²) in [5.41, 5.74) is 4.89. The van der Waals surface area contributed by atoms with E-state index in [4.69, 9.17) is 9.47 Å². The van der Waals surface area contributed by atoms with Crippen molar-refractivity contribution in [2.24, 2.45) is 0 Å². The predicted molar refractivity (Wildman–Crippen MR) is 87.9 cm³/mol. The molecule has 0 radical (unpaired) electrons. The first-order valence-electron chi connectivity index (χ1n) is 7.89. The lowest BCUT2D eigenvalue weighted by molar-refractivity contribution is 0.174. The van der Waals surface area contributed by atoms with Crippen LogP contribution < -0.4 is 14.8 Å². The van der Waals surface area contributed by atoms with Crippen molar-refractivity contribution >= 4 is 10.9 Å². The molecule has 3 aromatic rings. The summed E-state index contributed by atoms with van der Waals surface area (Å²) in [5, 5.41) is 4.84. The van der Waals surface area contributed by atoms with E-state index in [2.05, 4.69) is 46.7 Å². The van der Waals surface area contributed by atoms with E-state index in [1.807, 2.05) is 12.3 Å². The van der Waals surface area contributed by atoms with Crippen molar-refractivity contribution in [2.45, 2.75) is 12.5 Å². The summed E-state index contributed by atoms with van der Waals surface area (Å²) in [6.07, 6.45) is 2.89. The second kappa shape index (κ2) is 4.96. The molecule has 1 unspecified atom stereocenters. The van der Waals surface area contributed by atoms with Crippen LogP contribution in [-0.4, -0.2) is 18.3 Å². The van der Waals surface area contributed by atoms with Gasteiger partial charge in [-0.3, -0.25) is 4.98 Å². The van der Waals surface area contributed by atoms with Gasteiger partial charge in [-0.1, -0.05) is 18.2 Å². The number of para-hydroxylation sites is 1. The monoisotopic (exact) mass is 304 g/mol. The Morgan fingerprint density at radius 1 is 1.00 bits per heavy atom. The van der Waals surface area contributed by atoms with Crippen molar-refractivity contribution in [3.63, 3.8) is 0 Å². The van der Waals surface area contributed by atoms with Gasteiger partial charge in [-0.15, -0.1) is 0 Å². The molecule has 1 N–H and O–H groups in total. The minimum Gasteiger partial charge on any atom is -0.454 e. The maximum absolute atomic E-state index is 5.57. The Kier molecular flexibility index (Phi) is 2.78. The van der Waals surface area contributed by atoms with E-state index < -0.39 is 0 Å². The summed E-state index contributed by atoms with van der Waals surface area (Å²) in [6.45, 7) is 1.27. The van der Waals surface area contributed by atoms with E-state index in [1.165, 1.54) is 22.1 Å². The second-order valence-electron chi connectivity index (χ2n) is 5.96. The maximum Gasteiger partial charge on any atom is 0.231 e. The standard InChI is InChI=1S/C19H16N2O2/c1-2-4-16-13(3-1)14(6-8-20-16)19-15-10-18-17(22-11-23-18)9-12(15)5-7-21-19/h1-4,6,8-10,19,21H,5,7,11H2. The minimum atomic E-state index is 0.154. The molecule has 2 aromatic carbocycles. The van der Waals surface area contributed by atoms with E-state index in [9.17, 15) is 0 Å². The van der Waals surface area contributed by atoms with Crippen LogP contribution in [0.2, 0.25) is 0 Å². The normalized spacial score (nSPS) is 18.9. The summed E-state index contributed by atoms with van der Waals surface area (Å²) in [5.74, 6) is 1.71. The molecule has 0 aliphatic carbocycles. The lowest BCUT2D eigenvalue weighted by Gasteiger charge is -2.28. The quantitative estimate of drug-likeness (QED) is 0.750. The van der Waals surface area contributed by atoms with Gasteiger partial charge in [-0.2, -0.15) is 0 Å². The topological polar surface area (TPSA) is 43.4 Å². The summed E-state index contributed by atoms with van der Waals surface area (Å²) >= 11 is 0. The molecule has 0 fully saturated rings. The molecule has 3 heterocycles. The zero-order valence-electron chi connectivity index (χ0n) is 12.6. The molecule has 5 rings (SSSR count). The second-order valence-corrected chi connectivity index (χ2v) is 5.96. The van der Waals surface area contributed by atoms with Crippen LogP contribution in [0.3, 0.4) is 0 Å². The summed E-state index contributed by atoms with van der Waals surface area (Å²) in [4.78, 5) is 4.48. The molecule has 0 spiro atoms. The Hall–Kier alpha value is -2.59. The first kappa shape index (κ1) is 12.9. The molecule has 2 aliphatic rings. The molecule has 1 atom stereocenters. The van der Waals surface area contributed by atoms with E-state index >= 15 is 0 Å². The molecule has 114 valence electrons. The van der Waals surface area contributed by atoms with Crippen LogP contribution in [0.5, 0.6) is 11.5 Å². The minimum absolute atomic E-state index is 0.154. The number of fused-ring (bicyclic) bond motifs is 3. The van der Waals surface area contributed by atoms with Crippen molar-refractivity contribution < 1.29 is 9.47 Å². The van der Waals surface area contributed by atoms with E-state index in [1.54, 1.807) is 0 Å². The van der Waals surface area contributed by atoms with E-state index in [0.717, 1.165) is 30.0 Å². The van der Waals surface area contributed by atoms with Crippen molar-refractivity contribution in [3.05, 3.63) is 65.4 Å².